The van der Waals surface area contributed by atoms with Crippen LogP contribution in [0.2, 0.25) is 0 Å². The number of nitrogens with one attached hydrogen (secondary N) is 2. The van der Waals surface area contributed by atoms with E-state index in [4.69, 9.17) is 9.73 Å². The summed E-state index contributed by atoms with van der Waals surface area (Å²) in [5, 5.41) is 7.02. The molecule has 0 spiro atoms. The summed E-state index contributed by atoms with van der Waals surface area (Å²) in [7, 11) is 0. The van der Waals surface area contributed by atoms with Gasteiger partial charge in [0.1, 0.15) is 0 Å². The highest BCUT2D eigenvalue weighted by Crippen LogP contribution is 2.17. The molecule has 1 heterocycles. The summed E-state index contributed by atoms with van der Waals surface area (Å²) in [5.41, 5.74) is 0. The standard InChI is InChI=1S/C17H34N4O.HI/c1-4-18-17(20-16-8-6-5-7-9-16)19-12-14(2)21-10-11-22-13-15(21)3;/h14-16H,4-13H2,1-3H3,(H2,18,19,20);1H. The Morgan fingerprint density at radius 2 is 2.04 bits per heavy atom. The molecule has 1 saturated heterocycles. The van der Waals surface area contributed by atoms with Crippen LogP contribution in [0, 0.1) is 0 Å². The Morgan fingerprint density at radius 3 is 2.70 bits per heavy atom. The Bertz CT molecular complexity index is 347. The van der Waals surface area contributed by atoms with Gasteiger partial charge in [-0.2, -0.15) is 0 Å². The van der Waals surface area contributed by atoms with Crippen molar-refractivity contribution in [3.8, 4) is 0 Å². The van der Waals surface area contributed by atoms with Crippen LogP contribution in [0.1, 0.15) is 52.9 Å². The maximum Gasteiger partial charge on any atom is 0.191 e. The molecule has 1 saturated carbocycles. The molecule has 136 valence electrons. The van der Waals surface area contributed by atoms with Crippen LogP contribution in [0.3, 0.4) is 0 Å². The predicted octanol–water partition coefficient (Wildman–Crippen LogP) is 2.60. The molecule has 0 radical (unpaired) electrons. The molecule has 1 aliphatic heterocycles. The Morgan fingerprint density at radius 1 is 1.30 bits per heavy atom. The fourth-order valence-electron chi connectivity index (χ4n) is 3.48. The van der Waals surface area contributed by atoms with Gasteiger partial charge >= 0.3 is 0 Å². The highest BCUT2D eigenvalue weighted by molar-refractivity contribution is 14.0. The monoisotopic (exact) mass is 438 g/mol. The van der Waals surface area contributed by atoms with Crippen LogP contribution in [0.25, 0.3) is 0 Å². The van der Waals surface area contributed by atoms with Gasteiger partial charge in [0.15, 0.2) is 5.96 Å². The molecule has 0 aromatic carbocycles. The van der Waals surface area contributed by atoms with Gasteiger partial charge in [0.25, 0.3) is 0 Å². The van der Waals surface area contributed by atoms with E-state index < -0.39 is 0 Å². The first-order valence-electron chi connectivity index (χ1n) is 9.09. The molecule has 2 fully saturated rings. The molecule has 0 aromatic rings. The second kappa shape index (κ2) is 11.5. The van der Waals surface area contributed by atoms with Crippen LogP contribution in [0.4, 0.5) is 0 Å². The third-order valence-electron chi connectivity index (χ3n) is 4.79. The quantitative estimate of drug-likeness (QED) is 0.394. The first kappa shape index (κ1) is 21.0. The molecule has 0 aromatic heterocycles. The molecule has 1 aliphatic carbocycles. The van der Waals surface area contributed by atoms with Gasteiger partial charge in [-0.25, -0.2) is 0 Å². The highest BCUT2D eigenvalue weighted by Gasteiger charge is 2.23. The Balaban J connectivity index is 0.00000264. The van der Waals surface area contributed by atoms with Crippen molar-refractivity contribution in [3.05, 3.63) is 0 Å². The molecule has 0 bridgehead atoms. The van der Waals surface area contributed by atoms with E-state index in [1.54, 1.807) is 0 Å². The fraction of sp³-hybridized carbons (Fsp3) is 0.941. The van der Waals surface area contributed by atoms with Crippen LogP contribution >= 0.6 is 24.0 Å². The molecule has 2 aliphatic rings. The molecular formula is C17H35IN4O. The van der Waals surface area contributed by atoms with Crippen molar-refractivity contribution in [1.82, 2.24) is 15.5 Å². The molecule has 2 atom stereocenters. The van der Waals surface area contributed by atoms with E-state index in [2.05, 4.69) is 36.3 Å². The zero-order valence-electron chi connectivity index (χ0n) is 15.0. The molecule has 23 heavy (non-hydrogen) atoms. The van der Waals surface area contributed by atoms with Crippen molar-refractivity contribution in [2.45, 2.75) is 71.0 Å². The number of rotatable bonds is 5. The van der Waals surface area contributed by atoms with Gasteiger partial charge in [0.2, 0.25) is 0 Å². The minimum Gasteiger partial charge on any atom is -0.379 e. The van der Waals surface area contributed by atoms with E-state index >= 15 is 0 Å². The summed E-state index contributed by atoms with van der Waals surface area (Å²) in [6.07, 6.45) is 6.64. The second-order valence-electron chi connectivity index (χ2n) is 6.71. The average Bonchev–Trinajstić information content (AvgIpc) is 2.54. The number of aliphatic imine (C=N–C) groups is 1. The van der Waals surface area contributed by atoms with Gasteiger partial charge in [-0.3, -0.25) is 9.89 Å². The minimum absolute atomic E-state index is 0. The lowest BCUT2D eigenvalue weighted by Crippen LogP contribution is -2.50. The topological polar surface area (TPSA) is 48.9 Å². The van der Waals surface area contributed by atoms with Gasteiger partial charge in [-0.05, 0) is 33.6 Å². The summed E-state index contributed by atoms with van der Waals surface area (Å²) in [5.74, 6) is 0.988. The fourth-order valence-corrected chi connectivity index (χ4v) is 3.48. The third kappa shape index (κ3) is 7.13. The molecule has 6 heteroatoms. The van der Waals surface area contributed by atoms with Crippen LogP contribution in [-0.2, 0) is 4.74 Å². The van der Waals surface area contributed by atoms with Crippen LogP contribution < -0.4 is 10.6 Å². The van der Waals surface area contributed by atoms with Crippen LogP contribution in [0.5, 0.6) is 0 Å². The molecule has 2 rings (SSSR count). The lowest BCUT2D eigenvalue weighted by molar-refractivity contribution is -0.0165. The number of hydrogen-bond donors (Lipinski definition) is 2. The number of guanidine groups is 1. The van der Waals surface area contributed by atoms with Crippen molar-refractivity contribution in [2.75, 3.05) is 32.8 Å². The van der Waals surface area contributed by atoms with Crippen molar-refractivity contribution in [2.24, 2.45) is 4.99 Å². The summed E-state index contributed by atoms with van der Waals surface area (Å²) < 4.78 is 5.52. The van der Waals surface area contributed by atoms with E-state index in [-0.39, 0.29) is 24.0 Å². The smallest absolute Gasteiger partial charge is 0.191 e. The van der Waals surface area contributed by atoms with Crippen LogP contribution in [-0.4, -0.2) is 61.8 Å². The summed E-state index contributed by atoms with van der Waals surface area (Å²) in [6, 6.07) is 1.55. The zero-order chi connectivity index (χ0) is 15.8. The zero-order valence-corrected chi connectivity index (χ0v) is 17.3. The van der Waals surface area contributed by atoms with E-state index in [1.807, 2.05) is 0 Å². The van der Waals surface area contributed by atoms with E-state index in [0.717, 1.165) is 38.8 Å². The first-order chi connectivity index (χ1) is 10.7. The Kier molecular flexibility index (Phi) is 10.5. The van der Waals surface area contributed by atoms with Crippen molar-refractivity contribution < 1.29 is 4.74 Å². The SMILES string of the molecule is CCNC(=NCC(C)N1CCOCC1C)NC1CCCCC1.I. The van der Waals surface area contributed by atoms with Gasteiger partial charge < -0.3 is 15.4 Å². The van der Waals surface area contributed by atoms with E-state index in [0.29, 0.717) is 18.1 Å². The largest absolute Gasteiger partial charge is 0.379 e. The number of hydrogen-bond acceptors (Lipinski definition) is 3. The summed E-state index contributed by atoms with van der Waals surface area (Å²) in [6.45, 7) is 11.1. The van der Waals surface area contributed by atoms with E-state index in [1.165, 1.54) is 32.1 Å². The second-order valence-corrected chi connectivity index (χ2v) is 6.71. The Labute approximate surface area is 159 Å². The van der Waals surface area contributed by atoms with Crippen molar-refractivity contribution >= 4 is 29.9 Å². The number of morpholine rings is 1. The maximum absolute atomic E-state index is 5.52. The lowest BCUT2D eigenvalue weighted by atomic mass is 9.96. The predicted molar refractivity (Wildman–Crippen MR) is 108 cm³/mol. The molecule has 5 nitrogen and oxygen atoms in total. The molecular weight excluding hydrogens is 403 g/mol. The van der Waals surface area contributed by atoms with Crippen LogP contribution in [0.15, 0.2) is 4.99 Å². The molecule has 2 unspecified atom stereocenters. The van der Waals surface area contributed by atoms with Crippen molar-refractivity contribution in [3.63, 3.8) is 0 Å². The maximum atomic E-state index is 5.52. The minimum atomic E-state index is 0. The highest BCUT2D eigenvalue weighted by atomic mass is 127. The van der Waals surface area contributed by atoms with Gasteiger partial charge in [0, 0.05) is 31.2 Å². The van der Waals surface area contributed by atoms with Gasteiger partial charge in [0.05, 0.1) is 19.8 Å². The van der Waals surface area contributed by atoms with Gasteiger partial charge in [-0.1, -0.05) is 19.3 Å². The summed E-state index contributed by atoms with van der Waals surface area (Å²) in [4.78, 5) is 7.34. The third-order valence-corrected chi connectivity index (χ3v) is 4.79. The number of ether oxygens (including phenoxy) is 1. The van der Waals surface area contributed by atoms with E-state index in [9.17, 15) is 0 Å². The number of nitrogens with zero attached hydrogens (tertiary/aromatic N) is 2. The van der Waals surface area contributed by atoms with Crippen molar-refractivity contribution in [1.29, 1.82) is 0 Å². The summed E-state index contributed by atoms with van der Waals surface area (Å²) >= 11 is 0. The number of halogens is 1. The normalized spacial score (nSPS) is 25.5. The van der Waals surface area contributed by atoms with Gasteiger partial charge in [-0.15, -0.1) is 24.0 Å². The Hall–Kier alpha value is -0.0800. The lowest BCUT2D eigenvalue weighted by Gasteiger charge is -2.37. The molecule has 0 amide bonds. The average molecular weight is 438 g/mol. The molecule has 2 N–H and O–H groups in total. The first-order valence-corrected chi connectivity index (χ1v) is 9.09.